The van der Waals surface area contributed by atoms with Gasteiger partial charge >= 0.3 is 0 Å². The second-order valence-electron chi connectivity index (χ2n) is 8.83. The highest BCUT2D eigenvalue weighted by Crippen LogP contribution is 2.57. The number of fused-ring (bicyclic) bond motifs is 2. The highest BCUT2D eigenvalue weighted by molar-refractivity contribution is 5.13. The quantitative estimate of drug-likeness (QED) is 0.764. The van der Waals surface area contributed by atoms with Crippen LogP contribution in [0.3, 0.4) is 0 Å². The molecule has 0 N–H and O–H groups in total. The minimum atomic E-state index is -0.362. The van der Waals surface area contributed by atoms with Crippen LogP contribution in [0.5, 0.6) is 0 Å². The lowest BCUT2D eigenvalue weighted by atomic mass is 9.71. The Kier molecular flexibility index (Phi) is 3.91. The van der Waals surface area contributed by atoms with Crippen LogP contribution in [0.2, 0.25) is 0 Å². The lowest BCUT2D eigenvalue weighted by molar-refractivity contribution is -0.233. The molecular weight excluding hydrogens is 318 g/mol. The Morgan fingerprint density at radius 3 is 2.60 bits per heavy atom. The molecule has 2 aliphatic carbocycles. The van der Waals surface area contributed by atoms with Gasteiger partial charge in [0, 0.05) is 25.7 Å². The summed E-state index contributed by atoms with van der Waals surface area (Å²) in [5.41, 5.74) is -0.488. The van der Waals surface area contributed by atoms with Gasteiger partial charge in [-0.2, -0.15) is 5.26 Å². The van der Waals surface area contributed by atoms with Gasteiger partial charge < -0.3 is 18.9 Å². The fraction of sp³-hybridized carbons (Fsp3) is 0.950. The molecule has 5 atom stereocenters. The van der Waals surface area contributed by atoms with Crippen LogP contribution in [0, 0.1) is 11.3 Å². The molecule has 2 saturated carbocycles. The first-order chi connectivity index (χ1) is 12.2. The fourth-order valence-corrected chi connectivity index (χ4v) is 5.98. The molecule has 138 valence electrons. The summed E-state index contributed by atoms with van der Waals surface area (Å²) in [4.78, 5) is 0. The van der Waals surface area contributed by atoms with E-state index in [0.29, 0.717) is 13.0 Å². The zero-order valence-electron chi connectivity index (χ0n) is 15.0. The molecule has 0 aromatic heterocycles. The van der Waals surface area contributed by atoms with E-state index in [2.05, 4.69) is 6.07 Å². The van der Waals surface area contributed by atoms with Crippen molar-refractivity contribution >= 4 is 0 Å². The highest BCUT2D eigenvalue weighted by atomic mass is 16.8. The van der Waals surface area contributed by atoms with Crippen LogP contribution in [0.15, 0.2) is 0 Å². The average molecular weight is 347 g/mol. The Labute approximate surface area is 149 Å². The fourth-order valence-electron chi connectivity index (χ4n) is 5.98. The molecule has 5 nitrogen and oxygen atoms in total. The molecule has 0 radical (unpaired) electrons. The van der Waals surface area contributed by atoms with Crippen molar-refractivity contribution in [3.8, 4) is 6.07 Å². The molecule has 6 fully saturated rings. The molecule has 3 spiro atoms. The number of nitrogens with zero attached hydrogens (tertiary/aromatic N) is 1. The van der Waals surface area contributed by atoms with E-state index in [9.17, 15) is 0 Å². The third-order valence-electron chi connectivity index (χ3n) is 7.30. The van der Waals surface area contributed by atoms with Gasteiger partial charge in [0.2, 0.25) is 0 Å². The number of ether oxygens (including phenoxy) is 4. The maximum absolute atomic E-state index is 8.90. The minimum Gasteiger partial charge on any atom is -0.372 e. The van der Waals surface area contributed by atoms with E-state index in [1.165, 1.54) is 19.3 Å². The predicted octanol–water partition coefficient (Wildman–Crippen LogP) is 3.61. The van der Waals surface area contributed by atoms with Crippen LogP contribution < -0.4 is 0 Å². The lowest BCUT2D eigenvalue weighted by Crippen LogP contribution is -2.57. The number of nitriles is 1. The topological polar surface area (TPSA) is 60.7 Å². The first-order valence-corrected chi connectivity index (χ1v) is 10.2. The summed E-state index contributed by atoms with van der Waals surface area (Å²) in [6.45, 7) is 0.651. The van der Waals surface area contributed by atoms with Crippen LogP contribution in [0.4, 0.5) is 0 Å². The second-order valence-corrected chi connectivity index (χ2v) is 8.83. The van der Waals surface area contributed by atoms with Crippen LogP contribution >= 0.6 is 0 Å². The molecule has 6 rings (SSSR count). The van der Waals surface area contributed by atoms with Gasteiger partial charge in [0.1, 0.15) is 5.60 Å². The summed E-state index contributed by atoms with van der Waals surface area (Å²) in [6, 6.07) is 2.26. The van der Waals surface area contributed by atoms with E-state index >= 15 is 0 Å². The molecule has 5 heteroatoms. The molecule has 1 unspecified atom stereocenters. The van der Waals surface area contributed by atoms with Crippen molar-refractivity contribution in [1.82, 2.24) is 0 Å². The number of hydrogen-bond donors (Lipinski definition) is 0. The van der Waals surface area contributed by atoms with Crippen LogP contribution in [-0.4, -0.2) is 41.9 Å². The Morgan fingerprint density at radius 1 is 0.920 bits per heavy atom. The summed E-state index contributed by atoms with van der Waals surface area (Å²) in [5, 5.41) is 8.90. The van der Waals surface area contributed by atoms with Crippen LogP contribution in [-0.2, 0) is 18.9 Å². The summed E-state index contributed by atoms with van der Waals surface area (Å²) >= 11 is 0. The molecule has 0 aromatic carbocycles. The first-order valence-electron chi connectivity index (χ1n) is 10.2. The standard InChI is InChI=1S/C20H29NO4/c21-12-4-5-15-6-7-16-18(23-15)10-11-19(14-22-16)17(13-18)24-20(25-19)8-2-1-3-9-20/h15-17H,1-11,13-14H2/t15-,16-,17+,18?,19+/m0/s1. The van der Waals surface area contributed by atoms with Gasteiger partial charge in [0.15, 0.2) is 5.79 Å². The Balaban J connectivity index is 1.38. The van der Waals surface area contributed by atoms with Crippen molar-refractivity contribution in [1.29, 1.82) is 5.26 Å². The molecule has 6 aliphatic rings. The van der Waals surface area contributed by atoms with Crippen LogP contribution in [0.25, 0.3) is 0 Å². The third kappa shape index (κ3) is 2.56. The number of rotatable bonds is 2. The van der Waals surface area contributed by atoms with Gasteiger partial charge in [-0.3, -0.25) is 0 Å². The van der Waals surface area contributed by atoms with E-state index in [-0.39, 0.29) is 35.3 Å². The maximum atomic E-state index is 8.90. The minimum absolute atomic E-state index is 0.0964. The van der Waals surface area contributed by atoms with Crippen molar-refractivity contribution in [2.75, 3.05) is 6.61 Å². The smallest absolute Gasteiger partial charge is 0.169 e. The molecule has 4 heterocycles. The monoisotopic (exact) mass is 347 g/mol. The van der Waals surface area contributed by atoms with Crippen molar-refractivity contribution in [2.24, 2.45) is 0 Å². The van der Waals surface area contributed by atoms with Gasteiger partial charge in [-0.1, -0.05) is 6.42 Å². The second kappa shape index (κ2) is 5.92. The molecule has 0 amide bonds. The summed E-state index contributed by atoms with van der Waals surface area (Å²) < 4.78 is 26.3. The van der Waals surface area contributed by atoms with E-state index in [0.717, 1.165) is 51.4 Å². The largest absolute Gasteiger partial charge is 0.372 e. The van der Waals surface area contributed by atoms with Gasteiger partial charge in [-0.05, 0) is 44.9 Å². The van der Waals surface area contributed by atoms with E-state index in [4.69, 9.17) is 24.2 Å². The van der Waals surface area contributed by atoms with Crippen molar-refractivity contribution in [2.45, 2.75) is 112 Å². The molecule has 25 heavy (non-hydrogen) atoms. The van der Waals surface area contributed by atoms with Crippen molar-refractivity contribution in [3.05, 3.63) is 0 Å². The van der Waals surface area contributed by atoms with Crippen molar-refractivity contribution in [3.63, 3.8) is 0 Å². The summed E-state index contributed by atoms with van der Waals surface area (Å²) in [6.07, 6.45) is 12.5. The third-order valence-corrected chi connectivity index (χ3v) is 7.30. The Morgan fingerprint density at radius 2 is 1.76 bits per heavy atom. The Bertz CT molecular complexity index is 569. The molecule has 4 saturated heterocycles. The van der Waals surface area contributed by atoms with Gasteiger partial charge in [-0.25, -0.2) is 0 Å². The number of hydrogen-bond acceptors (Lipinski definition) is 5. The zero-order valence-corrected chi connectivity index (χ0v) is 15.0. The molecular formula is C20H29NO4. The van der Waals surface area contributed by atoms with Crippen molar-refractivity contribution < 1.29 is 18.9 Å². The van der Waals surface area contributed by atoms with E-state index in [1.54, 1.807) is 0 Å². The van der Waals surface area contributed by atoms with Gasteiger partial charge in [-0.15, -0.1) is 0 Å². The zero-order chi connectivity index (χ0) is 17.0. The first kappa shape index (κ1) is 16.5. The predicted molar refractivity (Wildman–Crippen MR) is 89.8 cm³/mol. The SMILES string of the molecule is N#CCC[C@H]1CC[C@@H]2OC[C@]34CCC2(C[C@H]3OC2(CCCCC2)O4)O1. The van der Waals surface area contributed by atoms with Gasteiger partial charge in [0.05, 0.1) is 36.6 Å². The summed E-state index contributed by atoms with van der Waals surface area (Å²) in [7, 11) is 0. The summed E-state index contributed by atoms with van der Waals surface area (Å²) in [5.74, 6) is -0.362. The van der Waals surface area contributed by atoms with Gasteiger partial charge in [0.25, 0.3) is 0 Å². The average Bonchev–Trinajstić information content (AvgIpc) is 2.75. The van der Waals surface area contributed by atoms with E-state index in [1.807, 2.05) is 0 Å². The molecule has 4 aliphatic heterocycles. The van der Waals surface area contributed by atoms with Crippen LogP contribution in [0.1, 0.15) is 77.0 Å². The lowest BCUT2D eigenvalue weighted by Gasteiger charge is -2.48. The Hall–Kier alpha value is -0.670. The molecule has 2 bridgehead atoms. The normalized spacial score (nSPS) is 47.7. The maximum Gasteiger partial charge on any atom is 0.169 e. The highest BCUT2D eigenvalue weighted by Gasteiger charge is 2.66. The van der Waals surface area contributed by atoms with E-state index < -0.39 is 0 Å². The molecule has 0 aromatic rings.